The molecule has 1 aromatic rings. The van der Waals surface area contributed by atoms with Crippen molar-refractivity contribution in [3.63, 3.8) is 0 Å². The van der Waals surface area contributed by atoms with E-state index in [1.165, 1.54) is 12.8 Å². The van der Waals surface area contributed by atoms with Gasteiger partial charge in [-0.2, -0.15) is 0 Å². The van der Waals surface area contributed by atoms with Gasteiger partial charge in [-0.3, -0.25) is 0 Å². The molecule has 0 spiro atoms. The number of nitrogens with zero attached hydrogens (tertiary/aromatic N) is 3. The molecule has 2 unspecified atom stereocenters. The number of carbonyl (C=O) groups is 1. The number of rotatable bonds is 2. The van der Waals surface area contributed by atoms with Gasteiger partial charge in [0.25, 0.3) is 0 Å². The number of pyridine rings is 1. The lowest BCUT2D eigenvalue weighted by atomic mass is 10.1. The fourth-order valence-electron chi connectivity index (χ4n) is 3.69. The largest absolute Gasteiger partial charge is 0.444 e. The van der Waals surface area contributed by atoms with Gasteiger partial charge in [0, 0.05) is 13.1 Å². The van der Waals surface area contributed by atoms with Crippen LogP contribution in [0.15, 0.2) is 12.3 Å². The number of amides is 1. The molecule has 1 aromatic heterocycles. The number of morpholine rings is 2. The number of hydrogen-bond acceptors (Lipinski definition) is 5. The molecule has 2 aliphatic heterocycles. The molecular weight excluding hydrogens is 354 g/mol. The Morgan fingerprint density at radius 2 is 1.88 bits per heavy atom. The average molecular weight is 380 g/mol. The standard InChI is InChI=1S/C19H26ClN3O3/c1-19(2,3)26-18(24)23-10-14-8-22(9-15(11-23)25-14)13-6-16(12-4-5-12)17(20)21-7-13/h6-7,12,14-15H,4-5,8-11H2,1-3H3. The smallest absolute Gasteiger partial charge is 0.410 e. The zero-order valence-electron chi connectivity index (χ0n) is 15.6. The highest BCUT2D eigenvalue weighted by Crippen LogP contribution is 2.43. The normalized spacial score (nSPS) is 26.0. The van der Waals surface area contributed by atoms with E-state index in [1.54, 1.807) is 4.90 Å². The average Bonchev–Trinajstić information content (AvgIpc) is 3.37. The molecule has 1 amide bonds. The lowest BCUT2D eigenvalue weighted by molar-refractivity contribution is -0.0949. The van der Waals surface area contributed by atoms with Gasteiger partial charge < -0.3 is 19.3 Å². The lowest BCUT2D eigenvalue weighted by Crippen LogP contribution is -2.61. The third-order valence-corrected chi connectivity index (χ3v) is 5.28. The maximum Gasteiger partial charge on any atom is 0.410 e. The molecule has 1 saturated carbocycles. The summed E-state index contributed by atoms with van der Waals surface area (Å²) in [5, 5.41) is 0.626. The van der Waals surface area contributed by atoms with Crippen molar-refractivity contribution in [1.82, 2.24) is 9.88 Å². The maximum atomic E-state index is 12.4. The second-order valence-corrected chi connectivity index (χ2v) is 8.88. The molecule has 2 atom stereocenters. The topological polar surface area (TPSA) is 54.9 Å². The molecular formula is C19H26ClN3O3. The number of ether oxygens (including phenoxy) is 2. The number of hydrogen-bond donors (Lipinski definition) is 0. The van der Waals surface area contributed by atoms with Crippen LogP contribution in [0, 0.1) is 0 Å². The number of fused-ring (bicyclic) bond motifs is 2. The van der Waals surface area contributed by atoms with Gasteiger partial charge in [-0.15, -0.1) is 0 Å². The van der Waals surface area contributed by atoms with Crippen LogP contribution in [0.5, 0.6) is 0 Å². The van der Waals surface area contributed by atoms with Crippen LogP contribution in [0.4, 0.5) is 10.5 Å². The summed E-state index contributed by atoms with van der Waals surface area (Å²) in [4.78, 5) is 20.8. The second kappa shape index (κ2) is 6.57. The molecule has 0 aromatic carbocycles. The van der Waals surface area contributed by atoms with Crippen molar-refractivity contribution in [3.05, 3.63) is 23.0 Å². The third-order valence-electron chi connectivity index (χ3n) is 4.97. The van der Waals surface area contributed by atoms with Crippen LogP contribution in [0.2, 0.25) is 5.15 Å². The number of halogens is 1. The summed E-state index contributed by atoms with van der Waals surface area (Å²) in [6.07, 6.45) is 3.95. The molecule has 0 radical (unpaired) electrons. The van der Waals surface area contributed by atoms with Gasteiger partial charge in [-0.05, 0) is 51.2 Å². The van der Waals surface area contributed by atoms with Crippen LogP contribution < -0.4 is 4.90 Å². The molecule has 7 heteroatoms. The van der Waals surface area contributed by atoms with Gasteiger partial charge in [0.1, 0.15) is 10.8 Å². The summed E-state index contributed by atoms with van der Waals surface area (Å²) in [6.45, 7) is 8.25. The summed E-state index contributed by atoms with van der Waals surface area (Å²) in [7, 11) is 0. The molecule has 2 saturated heterocycles. The van der Waals surface area contributed by atoms with Crippen LogP contribution >= 0.6 is 11.6 Å². The third kappa shape index (κ3) is 3.91. The first kappa shape index (κ1) is 17.9. The van der Waals surface area contributed by atoms with Crippen molar-refractivity contribution in [2.45, 2.75) is 57.3 Å². The SMILES string of the molecule is CC(C)(C)OC(=O)N1CC2CN(c3cnc(Cl)c(C4CC4)c3)CC(C1)O2. The van der Waals surface area contributed by atoms with Gasteiger partial charge >= 0.3 is 6.09 Å². The minimum atomic E-state index is -0.481. The van der Waals surface area contributed by atoms with E-state index in [1.807, 2.05) is 27.0 Å². The molecule has 3 aliphatic rings. The van der Waals surface area contributed by atoms with Gasteiger partial charge in [0.2, 0.25) is 0 Å². The van der Waals surface area contributed by atoms with Crippen LogP contribution in [0.3, 0.4) is 0 Å². The minimum absolute atomic E-state index is 0.0185. The first-order chi connectivity index (χ1) is 12.3. The quantitative estimate of drug-likeness (QED) is 0.737. The molecule has 4 rings (SSSR count). The van der Waals surface area contributed by atoms with E-state index in [0.29, 0.717) is 24.2 Å². The molecule has 6 nitrogen and oxygen atoms in total. The van der Waals surface area contributed by atoms with Crippen molar-refractivity contribution in [2.24, 2.45) is 0 Å². The van der Waals surface area contributed by atoms with Crippen LogP contribution in [-0.4, -0.2) is 60.0 Å². The summed E-state index contributed by atoms with van der Waals surface area (Å²) < 4.78 is 11.6. The van der Waals surface area contributed by atoms with E-state index in [4.69, 9.17) is 21.1 Å². The number of aromatic nitrogens is 1. The monoisotopic (exact) mass is 379 g/mol. The predicted octanol–water partition coefficient (Wildman–Crippen LogP) is 3.44. The van der Waals surface area contributed by atoms with Crippen molar-refractivity contribution in [2.75, 3.05) is 31.1 Å². The fraction of sp³-hybridized carbons (Fsp3) is 0.684. The summed E-state index contributed by atoms with van der Waals surface area (Å²) in [5.74, 6) is 0.568. The molecule has 2 bridgehead atoms. The van der Waals surface area contributed by atoms with E-state index < -0.39 is 5.60 Å². The van der Waals surface area contributed by atoms with Crippen LogP contribution in [0.25, 0.3) is 0 Å². The molecule has 3 heterocycles. The first-order valence-electron chi connectivity index (χ1n) is 9.32. The first-order valence-corrected chi connectivity index (χ1v) is 9.70. The zero-order chi connectivity index (χ0) is 18.5. The Morgan fingerprint density at radius 3 is 2.46 bits per heavy atom. The lowest BCUT2D eigenvalue weighted by Gasteiger charge is -2.46. The zero-order valence-corrected chi connectivity index (χ0v) is 16.3. The Bertz CT molecular complexity index is 688. The van der Waals surface area contributed by atoms with Crippen molar-refractivity contribution < 1.29 is 14.3 Å². The second-order valence-electron chi connectivity index (χ2n) is 8.52. The van der Waals surface area contributed by atoms with Crippen molar-refractivity contribution in [1.29, 1.82) is 0 Å². The highest BCUT2D eigenvalue weighted by atomic mass is 35.5. The molecule has 1 aliphatic carbocycles. The Hall–Kier alpha value is -1.53. The van der Waals surface area contributed by atoms with Crippen molar-refractivity contribution >= 4 is 23.4 Å². The van der Waals surface area contributed by atoms with E-state index in [0.717, 1.165) is 24.3 Å². The van der Waals surface area contributed by atoms with E-state index in [9.17, 15) is 4.79 Å². The minimum Gasteiger partial charge on any atom is -0.444 e. The highest BCUT2D eigenvalue weighted by molar-refractivity contribution is 6.30. The highest BCUT2D eigenvalue weighted by Gasteiger charge is 2.38. The van der Waals surface area contributed by atoms with E-state index >= 15 is 0 Å². The maximum absolute atomic E-state index is 12.4. The Balaban J connectivity index is 1.44. The summed E-state index contributed by atoms with van der Waals surface area (Å²) in [6, 6.07) is 2.18. The van der Waals surface area contributed by atoms with Gasteiger partial charge in [0.15, 0.2) is 0 Å². The van der Waals surface area contributed by atoms with Crippen LogP contribution in [0.1, 0.15) is 45.1 Å². The predicted molar refractivity (Wildman–Crippen MR) is 99.9 cm³/mol. The fourth-order valence-corrected chi connectivity index (χ4v) is 3.94. The Morgan fingerprint density at radius 1 is 1.23 bits per heavy atom. The van der Waals surface area contributed by atoms with Gasteiger partial charge in [-0.25, -0.2) is 9.78 Å². The summed E-state index contributed by atoms with van der Waals surface area (Å²) in [5.41, 5.74) is 1.78. The summed E-state index contributed by atoms with van der Waals surface area (Å²) >= 11 is 6.26. The van der Waals surface area contributed by atoms with Gasteiger partial charge in [0.05, 0.1) is 37.2 Å². The molecule has 3 fully saturated rings. The van der Waals surface area contributed by atoms with Crippen LogP contribution in [-0.2, 0) is 9.47 Å². The number of anilines is 1. The van der Waals surface area contributed by atoms with Crippen molar-refractivity contribution in [3.8, 4) is 0 Å². The van der Waals surface area contributed by atoms with E-state index in [2.05, 4.69) is 16.0 Å². The number of carbonyl (C=O) groups excluding carboxylic acids is 1. The Kier molecular flexibility index (Phi) is 4.51. The Labute approximate surface area is 159 Å². The molecule has 26 heavy (non-hydrogen) atoms. The van der Waals surface area contributed by atoms with Gasteiger partial charge in [-0.1, -0.05) is 11.6 Å². The van der Waals surface area contributed by atoms with E-state index in [-0.39, 0.29) is 18.3 Å². The molecule has 142 valence electrons. The molecule has 0 N–H and O–H groups in total.